The van der Waals surface area contributed by atoms with Crippen molar-refractivity contribution in [3.05, 3.63) is 24.0 Å². The Hall–Kier alpha value is -0.850. The highest BCUT2D eigenvalue weighted by atomic mass is 32.3. The summed E-state index contributed by atoms with van der Waals surface area (Å²) in [4.78, 5) is 2.97. The van der Waals surface area contributed by atoms with E-state index in [4.69, 9.17) is 4.55 Å². The lowest BCUT2D eigenvalue weighted by molar-refractivity contribution is 0.265. The molecule has 0 saturated carbocycles. The molecule has 0 amide bonds. The molecule has 0 aliphatic rings. The maximum absolute atomic E-state index is 10.1. The lowest BCUT2D eigenvalue weighted by Gasteiger charge is -1.98. The van der Waals surface area contributed by atoms with Crippen molar-refractivity contribution in [1.82, 2.24) is 4.98 Å². The van der Waals surface area contributed by atoms with Gasteiger partial charge in [0, 0.05) is 11.9 Å². The van der Waals surface area contributed by atoms with E-state index in [1.54, 1.807) is 6.20 Å². The highest BCUT2D eigenvalue weighted by Crippen LogP contribution is 2.00. The zero-order chi connectivity index (χ0) is 9.73. The van der Waals surface area contributed by atoms with Crippen LogP contribution in [0.1, 0.15) is 12.1 Å². The molecule has 0 aliphatic carbocycles. The minimum absolute atomic E-state index is 0.00213. The summed E-state index contributed by atoms with van der Waals surface area (Å²) < 4.78 is 32.6. The predicted octanol–water partition coefficient (Wildman–Crippen LogP) is 0.767. The van der Waals surface area contributed by atoms with Gasteiger partial charge in [-0.15, -0.1) is 0 Å². The van der Waals surface area contributed by atoms with Gasteiger partial charge in [0.15, 0.2) is 0 Å². The Kier molecular flexibility index (Phi) is 3.47. The Bertz CT molecular complexity index is 329. The van der Waals surface area contributed by atoms with Gasteiger partial charge in [-0.1, -0.05) is 0 Å². The third-order valence-electron chi connectivity index (χ3n) is 1.49. The van der Waals surface area contributed by atoms with E-state index < -0.39 is 10.4 Å². The molecule has 0 aromatic carbocycles. The summed E-state index contributed by atoms with van der Waals surface area (Å²) >= 11 is 0. The lowest BCUT2D eigenvalue weighted by Crippen LogP contribution is -2.05. The normalized spacial score (nSPS) is 11.8. The van der Waals surface area contributed by atoms with Crippen LogP contribution in [0.2, 0.25) is 0 Å². The Morgan fingerprint density at radius 3 is 2.85 bits per heavy atom. The quantitative estimate of drug-likeness (QED) is 0.549. The van der Waals surface area contributed by atoms with E-state index in [-0.39, 0.29) is 6.61 Å². The van der Waals surface area contributed by atoms with E-state index in [9.17, 15) is 8.42 Å². The van der Waals surface area contributed by atoms with E-state index >= 15 is 0 Å². The molecule has 0 aliphatic heterocycles. The van der Waals surface area contributed by atoms with Crippen molar-refractivity contribution in [2.75, 3.05) is 6.61 Å². The Labute approximate surface area is 76.7 Å². The van der Waals surface area contributed by atoms with Crippen molar-refractivity contribution in [2.24, 2.45) is 0 Å². The second kappa shape index (κ2) is 4.40. The molecular weight excluding hydrogens is 194 g/mol. The molecule has 0 bridgehead atoms. The van der Waals surface area contributed by atoms with E-state index in [1.807, 2.05) is 12.1 Å². The van der Waals surface area contributed by atoms with Crippen LogP contribution in [0.5, 0.6) is 0 Å². The molecule has 0 spiro atoms. The van der Waals surface area contributed by atoms with Crippen LogP contribution in [0.4, 0.5) is 0 Å². The summed E-state index contributed by atoms with van der Waals surface area (Å²) in [5.41, 5.74) is 1.01. The average Bonchev–Trinajstić information content (AvgIpc) is 2.48. The highest BCUT2D eigenvalue weighted by Gasteiger charge is 2.03. The van der Waals surface area contributed by atoms with Gasteiger partial charge in [0.25, 0.3) is 0 Å². The number of hydrogen-bond acceptors (Lipinski definition) is 3. The van der Waals surface area contributed by atoms with E-state index in [0.29, 0.717) is 12.8 Å². The number of aromatic amines is 1. The molecule has 13 heavy (non-hydrogen) atoms. The van der Waals surface area contributed by atoms with Gasteiger partial charge < -0.3 is 4.98 Å². The molecule has 0 radical (unpaired) electrons. The van der Waals surface area contributed by atoms with Crippen LogP contribution in [-0.4, -0.2) is 24.6 Å². The van der Waals surface area contributed by atoms with Gasteiger partial charge in [0.05, 0.1) is 6.61 Å². The first-order chi connectivity index (χ1) is 6.08. The van der Waals surface area contributed by atoms with Gasteiger partial charge in [-0.05, 0) is 25.0 Å². The van der Waals surface area contributed by atoms with Gasteiger partial charge in [-0.3, -0.25) is 4.55 Å². The van der Waals surface area contributed by atoms with Crippen molar-refractivity contribution < 1.29 is 17.2 Å². The third-order valence-corrected chi connectivity index (χ3v) is 1.95. The Morgan fingerprint density at radius 2 is 2.31 bits per heavy atom. The molecule has 1 aromatic heterocycles. The minimum atomic E-state index is -4.28. The molecule has 0 atom stereocenters. The molecule has 74 valence electrons. The summed E-state index contributed by atoms with van der Waals surface area (Å²) in [7, 11) is -4.28. The standard InChI is InChI=1S/C7H11NO4S/c9-13(10,11)12-6-2-4-7-3-1-5-8-7/h1,3,5,8H,2,4,6H2,(H,9,10,11). The van der Waals surface area contributed by atoms with Gasteiger partial charge in [0.2, 0.25) is 0 Å². The first-order valence-corrected chi connectivity index (χ1v) is 5.18. The molecule has 5 nitrogen and oxygen atoms in total. The first kappa shape index (κ1) is 10.2. The van der Waals surface area contributed by atoms with Crippen molar-refractivity contribution in [2.45, 2.75) is 12.8 Å². The van der Waals surface area contributed by atoms with Crippen LogP contribution in [0.3, 0.4) is 0 Å². The van der Waals surface area contributed by atoms with Crippen LogP contribution in [0, 0.1) is 0 Å². The third kappa shape index (κ3) is 4.66. The Morgan fingerprint density at radius 1 is 1.54 bits per heavy atom. The number of aryl methyl sites for hydroxylation is 1. The largest absolute Gasteiger partial charge is 0.397 e. The predicted molar refractivity (Wildman–Crippen MR) is 46.6 cm³/mol. The fraction of sp³-hybridized carbons (Fsp3) is 0.429. The number of nitrogens with one attached hydrogen (secondary N) is 1. The average molecular weight is 205 g/mol. The number of rotatable bonds is 5. The van der Waals surface area contributed by atoms with Crippen molar-refractivity contribution in [3.63, 3.8) is 0 Å². The van der Waals surface area contributed by atoms with Crippen LogP contribution in [0.25, 0.3) is 0 Å². The van der Waals surface area contributed by atoms with Gasteiger partial charge >= 0.3 is 10.4 Å². The summed E-state index contributed by atoms with van der Waals surface area (Å²) in [6.45, 7) is -0.00213. The van der Waals surface area contributed by atoms with Crippen LogP contribution in [-0.2, 0) is 21.0 Å². The fourth-order valence-electron chi connectivity index (χ4n) is 0.950. The summed E-state index contributed by atoms with van der Waals surface area (Å²) in [5.74, 6) is 0. The van der Waals surface area contributed by atoms with E-state index in [1.165, 1.54) is 0 Å². The van der Waals surface area contributed by atoms with Crippen molar-refractivity contribution >= 4 is 10.4 Å². The summed E-state index contributed by atoms with van der Waals surface area (Å²) in [6.07, 6.45) is 3.03. The van der Waals surface area contributed by atoms with Crippen molar-refractivity contribution in [3.8, 4) is 0 Å². The minimum Gasteiger partial charge on any atom is -0.365 e. The Balaban J connectivity index is 2.16. The molecule has 1 rings (SSSR count). The molecule has 0 fully saturated rings. The summed E-state index contributed by atoms with van der Waals surface area (Å²) in [6, 6.07) is 3.76. The zero-order valence-electron chi connectivity index (χ0n) is 6.93. The van der Waals surface area contributed by atoms with E-state index in [0.717, 1.165) is 5.69 Å². The lowest BCUT2D eigenvalue weighted by atomic mass is 10.2. The molecule has 1 aromatic rings. The van der Waals surface area contributed by atoms with Gasteiger partial charge in [-0.25, -0.2) is 4.18 Å². The molecule has 0 saturated heterocycles. The first-order valence-electron chi connectivity index (χ1n) is 3.82. The highest BCUT2D eigenvalue weighted by molar-refractivity contribution is 7.80. The SMILES string of the molecule is O=S(=O)(O)OCCCc1ccc[nH]1. The van der Waals surface area contributed by atoms with Crippen LogP contribution >= 0.6 is 0 Å². The second-order valence-corrected chi connectivity index (χ2v) is 3.64. The van der Waals surface area contributed by atoms with Crippen LogP contribution in [0.15, 0.2) is 18.3 Å². The molecule has 2 N–H and O–H groups in total. The summed E-state index contributed by atoms with van der Waals surface area (Å²) in [5, 5.41) is 0. The smallest absolute Gasteiger partial charge is 0.365 e. The van der Waals surface area contributed by atoms with Crippen LogP contribution < -0.4 is 0 Å². The topological polar surface area (TPSA) is 79.4 Å². The van der Waals surface area contributed by atoms with Crippen molar-refractivity contribution in [1.29, 1.82) is 0 Å². The van der Waals surface area contributed by atoms with Gasteiger partial charge in [0.1, 0.15) is 0 Å². The monoisotopic (exact) mass is 205 g/mol. The molecule has 6 heteroatoms. The van der Waals surface area contributed by atoms with E-state index in [2.05, 4.69) is 9.17 Å². The number of H-pyrrole nitrogens is 1. The molecule has 1 heterocycles. The number of aromatic nitrogens is 1. The maximum Gasteiger partial charge on any atom is 0.397 e. The van der Waals surface area contributed by atoms with Gasteiger partial charge in [-0.2, -0.15) is 8.42 Å². The molecule has 0 unspecified atom stereocenters. The molecular formula is C7H11NO4S. The second-order valence-electron chi connectivity index (χ2n) is 2.55. The maximum atomic E-state index is 10.1. The number of hydrogen-bond donors (Lipinski definition) is 2. The fourth-order valence-corrected chi connectivity index (χ4v) is 1.28. The zero-order valence-corrected chi connectivity index (χ0v) is 7.75.